The van der Waals surface area contributed by atoms with Crippen LogP contribution in [0.2, 0.25) is 0 Å². The van der Waals surface area contributed by atoms with Gasteiger partial charge in [-0.25, -0.2) is 0 Å². The molecule has 0 bridgehead atoms. The molecule has 14 heavy (non-hydrogen) atoms. The summed E-state index contributed by atoms with van der Waals surface area (Å²) in [5.74, 6) is 0. The molecule has 0 fully saturated rings. The lowest BCUT2D eigenvalue weighted by atomic mass is 9.94. The number of hydrogen-bond donors (Lipinski definition) is 0. The van der Waals surface area contributed by atoms with Crippen LogP contribution in [0.5, 0.6) is 0 Å². The van der Waals surface area contributed by atoms with E-state index in [1.165, 1.54) is 0 Å². The van der Waals surface area contributed by atoms with Crippen LogP contribution in [0.4, 0.5) is 0 Å². The lowest BCUT2D eigenvalue weighted by Crippen LogP contribution is -2.23. The quantitative estimate of drug-likeness (QED) is 0.631. The maximum absolute atomic E-state index is 9.10. The lowest BCUT2D eigenvalue weighted by Gasteiger charge is -2.20. The van der Waals surface area contributed by atoms with E-state index in [1.54, 1.807) is 0 Å². The summed E-state index contributed by atoms with van der Waals surface area (Å²) in [6.45, 7) is 10.0. The highest BCUT2D eigenvalue weighted by Crippen LogP contribution is 2.23. The first-order chi connectivity index (χ1) is 6.39. The molecule has 0 N–H and O–H groups in total. The first-order valence-electron chi connectivity index (χ1n) is 5.24. The van der Waals surface area contributed by atoms with Crippen LogP contribution in [0.3, 0.4) is 0 Å². The Hall–Kier alpha value is -0.910. The summed E-state index contributed by atoms with van der Waals surface area (Å²) < 4.78 is 0. The monoisotopic (exact) mass is 195 g/mol. The van der Waals surface area contributed by atoms with E-state index >= 15 is 0 Å². The Kier molecular flexibility index (Phi) is 4.76. The fourth-order valence-corrected chi connectivity index (χ4v) is 1.11. The van der Waals surface area contributed by atoms with E-state index in [0.717, 1.165) is 19.3 Å². The van der Waals surface area contributed by atoms with Crippen LogP contribution < -0.4 is 0 Å². The molecule has 80 valence electrons. The predicted octanol–water partition coefficient (Wildman–Crippen LogP) is 3.71. The van der Waals surface area contributed by atoms with Crippen molar-refractivity contribution in [3.63, 3.8) is 0 Å². The molecule has 0 aromatic rings. The standard InChI is InChI=1S/C11H21N3/c1-6-8-11(7-2,9-12)14-13-10(3,4)5/h6-8H2,1-5H3/t11-/m1/s1. The average Bonchev–Trinajstić information content (AvgIpc) is 2.11. The molecule has 1 atom stereocenters. The Morgan fingerprint density at radius 3 is 2.00 bits per heavy atom. The molecule has 0 heterocycles. The molecule has 0 radical (unpaired) electrons. The van der Waals surface area contributed by atoms with Gasteiger partial charge in [-0.2, -0.15) is 15.5 Å². The minimum Gasteiger partial charge on any atom is -0.196 e. The molecule has 3 heteroatoms. The van der Waals surface area contributed by atoms with Gasteiger partial charge in [0, 0.05) is 0 Å². The molecule has 0 saturated carbocycles. The fourth-order valence-electron chi connectivity index (χ4n) is 1.11. The van der Waals surface area contributed by atoms with Gasteiger partial charge in [-0.3, -0.25) is 0 Å². The first kappa shape index (κ1) is 13.1. The van der Waals surface area contributed by atoms with Crippen LogP contribution in [-0.4, -0.2) is 11.1 Å². The second kappa shape index (κ2) is 5.09. The molecule has 0 aliphatic heterocycles. The normalized spacial score (nSPS) is 16.6. The highest BCUT2D eigenvalue weighted by atomic mass is 15.2. The summed E-state index contributed by atoms with van der Waals surface area (Å²) in [6.07, 6.45) is 2.49. The van der Waals surface area contributed by atoms with Crippen LogP contribution in [-0.2, 0) is 0 Å². The van der Waals surface area contributed by atoms with Gasteiger partial charge in [-0.05, 0) is 33.6 Å². The van der Waals surface area contributed by atoms with E-state index in [0.29, 0.717) is 0 Å². The molecule has 3 nitrogen and oxygen atoms in total. The molecule has 0 aromatic carbocycles. The lowest BCUT2D eigenvalue weighted by molar-refractivity contribution is 0.419. The zero-order valence-corrected chi connectivity index (χ0v) is 9.96. The van der Waals surface area contributed by atoms with Crippen LogP contribution in [0.25, 0.3) is 0 Å². The highest BCUT2D eigenvalue weighted by molar-refractivity contribution is 5.05. The molecule has 0 rings (SSSR count). The van der Waals surface area contributed by atoms with Gasteiger partial charge in [0.2, 0.25) is 0 Å². The van der Waals surface area contributed by atoms with Crippen molar-refractivity contribution in [2.75, 3.05) is 0 Å². The number of azo groups is 1. The largest absolute Gasteiger partial charge is 0.196 e. The Bertz CT molecular complexity index is 232. The minimum atomic E-state index is -0.595. The van der Waals surface area contributed by atoms with Gasteiger partial charge in [-0.1, -0.05) is 20.3 Å². The number of hydrogen-bond acceptors (Lipinski definition) is 3. The van der Waals surface area contributed by atoms with Gasteiger partial charge in [-0.15, -0.1) is 0 Å². The van der Waals surface area contributed by atoms with Gasteiger partial charge in [0.1, 0.15) is 0 Å². The van der Waals surface area contributed by atoms with E-state index in [2.05, 4.69) is 23.2 Å². The van der Waals surface area contributed by atoms with Gasteiger partial charge in [0.15, 0.2) is 5.54 Å². The molecule has 0 saturated heterocycles. The summed E-state index contributed by atoms with van der Waals surface area (Å²) in [4.78, 5) is 0. The van der Waals surface area contributed by atoms with E-state index in [9.17, 15) is 0 Å². The van der Waals surface area contributed by atoms with Crippen LogP contribution in [0.15, 0.2) is 10.2 Å². The molecule has 0 spiro atoms. The minimum absolute atomic E-state index is 0.189. The molecule has 0 aliphatic carbocycles. The third-order valence-electron chi connectivity index (χ3n) is 2.00. The highest BCUT2D eigenvalue weighted by Gasteiger charge is 2.27. The Morgan fingerprint density at radius 2 is 1.71 bits per heavy atom. The number of nitriles is 1. The molecule has 0 amide bonds. The van der Waals surface area contributed by atoms with Gasteiger partial charge < -0.3 is 0 Å². The van der Waals surface area contributed by atoms with Crippen molar-refractivity contribution in [1.82, 2.24) is 0 Å². The van der Waals surface area contributed by atoms with Crippen LogP contribution in [0, 0.1) is 11.3 Å². The predicted molar refractivity (Wildman–Crippen MR) is 58.2 cm³/mol. The molecule has 0 aromatic heterocycles. The summed E-state index contributed by atoms with van der Waals surface area (Å²) >= 11 is 0. The zero-order chi connectivity index (χ0) is 11.2. The summed E-state index contributed by atoms with van der Waals surface area (Å²) in [5, 5.41) is 17.5. The zero-order valence-electron chi connectivity index (χ0n) is 9.96. The van der Waals surface area contributed by atoms with Crippen molar-refractivity contribution in [3.05, 3.63) is 0 Å². The summed E-state index contributed by atoms with van der Waals surface area (Å²) in [5.41, 5.74) is -0.785. The van der Waals surface area contributed by atoms with E-state index in [-0.39, 0.29) is 5.54 Å². The van der Waals surface area contributed by atoms with Crippen molar-refractivity contribution < 1.29 is 0 Å². The van der Waals surface area contributed by atoms with Gasteiger partial charge in [0.05, 0.1) is 11.6 Å². The van der Waals surface area contributed by atoms with E-state index < -0.39 is 5.54 Å². The molecular weight excluding hydrogens is 174 g/mol. The van der Waals surface area contributed by atoms with Crippen molar-refractivity contribution in [2.24, 2.45) is 10.2 Å². The number of rotatable bonds is 4. The Labute approximate surface area is 87.2 Å². The van der Waals surface area contributed by atoms with Crippen LogP contribution >= 0.6 is 0 Å². The summed E-state index contributed by atoms with van der Waals surface area (Å²) in [7, 11) is 0. The van der Waals surface area contributed by atoms with Crippen molar-refractivity contribution >= 4 is 0 Å². The summed E-state index contributed by atoms with van der Waals surface area (Å²) in [6, 6.07) is 2.28. The topological polar surface area (TPSA) is 48.5 Å². The van der Waals surface area contributed by atoms with Crippen molar-refractivity contribution in [1.29, 1.82) is 5.26 Å². The third-order valence-corrected chi connectivity index (χ3v) is 2.00. The second-order valence-corrected chi connectivity index (χ2v) is 4.62. The number of nitrogens with zero attached hydrogens (tertiary/aromatic N) is 3. The van der Waals surface area contributed by atoms with Crippen molar-refractivity contribution in [2.45, 2.75) is 65.0 Å². The van der Waals surface area contributed by atoms with Crippen LogP contribution in [0.1, 0.15) is 53.9 Å². The second-order valence-electron chi connectivity index (χ2n) is 4.62. The Balaban J connectivity index is 4.69. The van der Waals surface area contributed by atoms with E-state index in [1.807, 2.05) is 27.7 Å². The molecular formula is C11H21N3. The van der Waals surface area contributed by atoms with Gasteiger partial charge in [0.25, 0.3) is 0 Å². The fraction of sp³-hybridized carbons (Fsp3) is 0.909. The smallest absolute Gasteiger partial charge is 0.167 e. The Morgan fingerprint density at radius 1 is 1.14 bits per heavy atom. The maximum atomic E-state index is 9.10. The van der Waals surface area contributed by atoms with E-state index in [4.69, 9.17) is 5.26 Å². The maximum Gasteiger partial charge on any atom is 0.167 e. The third kappa shape index (κ3) is 4.36. The molecule has 0 aliphatic rings. The SMILES string of the molecule is CCC[C@@](C#N)(CC)N=NC(C)(C)C. The average molecular weight is 195 g/mol. The van der Waals surface area contributed by atoms with Crippen molar-refractivity contribution in [3.8, 4) is 6.07 Å². The van der Waals surface area contributed by atoms with Gasteiger partial charge >= 0.3 is 0 Å². The molecule has 0 unspecified atom stereocenters. The first-order valence-corrected chi connectivity index (χ1v) is 5.24.